The molecule has 0 aromatic heterocycles. The average Bonchev–Trinajstić information content (AvgIpc) is 2.01. The van der Waals surface area contributed by atoms with Crippen LogP contribution in [-0.4, -0.2) is 18.0 Å². The first-order chi connectivity index (χ1) is 6.85. The highest BCUT2D eigenvalue weighted by atomic mass is 31.2. The van der Waals surface area contributed by atoms with Crippen molar-refractivity contribution in [2.75, 3.05) is 0 Å². The van der Waals surface area contributed by atoms with Crippen LogP contribution in [0.3, 0.4) is 0 Å². The van der Waals surface area contributed by atoms with Gasteiger partial charge in [0.15, 0.2) is 6.07 Å². The molecule has 0 rings (SSSR count). The van der Waals surface area contributed by atoms with Crippen molar-refractivity contribution in [3.05, 3.63) is 11.4 Å². The standard InChI is InChI=1S/C9H15N2O3P/c1-7(2)13-15(12,14-8(3)4)9(6-10)11-5/h7-9H,1-4H3. The molecule has 0 aromatic carbocycles. The summed E-state index contributed by atoms with van der Waals surface area (Å²) in [4.78, 5) is 2.96. The molecule has 5 nitrogen and oxygen atoms in total. The van der Waals surface area contributed by atoms with Crippen molar-refractivity contribution in [3.8, 4) is 6.07 Å². The highest BCUT2D eigenvalue weighted by Crippen LogP contribution is 2.55. The normalized spacial score (nSPS) is 13.6. The first kappa shape index (κ1) is 14.1. The Balaban J connectivity index is 4.96. The molecular weight excluding hydrogens is 215 g/mol. The van der Waals surface area contributed by atoms with Gasteiger partial charge in [-0.3, -0.25) is 13.9 Å². The molecule has 0 bridgehead atoms. The lowest BCUT2D eigenvalue weighted by molar-refractivity contribution is 0.141. The summed E-state index contributed by atoms with van der Waals surface area (Å²) in [6, 6.07) is 1.64. The van der Waals surface area contributed by atoms with Crippen molar-refractivity contribution >= 4 is 7.60 Å². The van der Waals surface area contributed by atoms with E-state index in [2.05, 4.69) is 4.85 Å². The number of nitrogens with zero attached hydrogens (tertiary/aromatic N) is 2. The SMILES string of the molecule is [C-]#[N+]C(C#N)P(=O)(OC(C)C)OC(C)C. The Kier molecular flexibility index (Phi) is 5.54. The molecule has 0 heterocycles. The first-order valence-corrected chi connectivity index (χ1v) is 6.19. The molecule has 0 radical (unpaired) electrons. The van der Waals surface area contributed by atoms with Crippen molar-refractivity contribution < 1.29 is 13.6 Å². The van der Waals surface area contributed by atoms with E-state index in [1.54, 1.807) is 33.8 Å². The Hall–Kier alpha value is -0.870. The summed E-state index contributed by atoms with van der Waals surface area (Å²) in [7, 11) is -3.66. The smallest absolute Gasteiger partial charge is 0.300 e. The molecule has 0 aromatic rings. The van der Waals surface area contributed by atoms with Gasteiger partial charge in [-0.15, -0.1) is 0 Å². The molecule has 0 aliphatic heterocycles. The number of hydrogen-bond donors (Lipinski definition) is 0. The van der Waals surface area contributed by atoms with Crippen LogP contribution in [0.25, 0.3) is 4.85 Å². The minimum Gasteiger partial charge on any atom is -0.300 e. The summed E-state index contributed by atoms with van der Waals surface area (Å²) in [5.41, 5.74) is 0. The fourth-order valence-electron chi connectivity index (χ4n) is 0.898. The van der Waals surface area contributed by atoms with Crippen LogP contribution in [0.1, 0.15) is 27.7 Å². The van der Waals surface area contributed by atoms with Crippen LogP contribution in [0.15, 0.2) is 0 Å². The molecule has 0 spiro atoms. The molecule has 0 saturated carbocycles. The average molecular weight is 230 g/mol. The molecule has 1 atom stereocenters. The summed E-state index contributed by atoms with van der Waals surface area (Å²) in [5.74, 6) is -1.39. The summed E-state index contributed by atoms with van der Waals surface area (Å²) in [5, 5.41) is 8.69. The lowest BCUT2D eigenvalue weighted by atomic mass is 10.5. The van der Waals surface area contributed by atoms with Crippen molar-refractivity contribution in [1.29, 1.82) is 5.26 Å². The molecule has 0 aliphatic rings. The Morgan fingerprint density at radius 3 is 1.87 bits per heavy atom. The zero-order chi connectivity index (χ0) is 12.1. The fourth-order valence-corrected chi connectivity index (χ4v) is 2.64. The van der Waals surface area contributed by atoms with Gasteiger partial charge in [-0.05, 0) is 27.7 Å². The van der Waals surface area contributed by atoms with Crippen LogP contribution in [0.4, 0.5) is 0 Å². The zero-order valence-electron chi connectivity index (χ0n) is 9.30. The second kappa shape index (κ2) is 5.88. The van der Waals surface area contributed by atoms with Gasteiger partial charge in [0.05, 0.1) is 12.2 Å². The van der Waals surface area contributed by atoms with Gasteiger partial charge in [0, 0.05) is 0 Å². The van der Waals surface area contributed by atoms with Crippen molar-refractivity contribution in [2.45, 2.75) is 45.7 Å². The van der Waals surface area contributed by atoms with E-state index in [4.69, 9.17) is 20.9 Å². The van der Waals surface area contributed by atoms with E-state index < -0.39 is 13.4 Å². The van der Waals surface area contributed by atoms with E-state index in [0.29, 0.717) is 0 Å². The maximum absolute atomic E-state index is 12.1. The molecule has 0 aliphatic carbocycles. The first-order valence-electron chi connectivity index (χ1n) is 4.58. The highest BCUT2D eigenvalue weighted by Gasteiger charge is 2.43. The summed E-state index contributed by atoms with van der Waals surface area (Å²) in [6.45, 7) is 13.5. The summed E-state index contributed by atoms with van der Waals surface area (Å²) < 4.78 is 22.3. The Bertz CT molecular complexity index is 299. The second-order valence-electron chi connectivity index (χ2n) is 3.48. The number of nitriles is 1. The van der Waals surface area contributed by atoms with E-state index in [0.717, 1.165) is 0 Å². The van der Waals surface area contributed by atoms with Crippen LogP contribution in [-0.2, 0) is 13.6 Å². The predicted octanol–water partition coefficient (Wildman–Crippen LogP) is 2.80. The largest absolute Gasteiger partial charge is 0.428 e. The minimum atomic E-state index is -3.66. The lowest BCUT2D eigenvalue weighted by Crippen LogP contribution is -2.14. The van der Waals surface area contributed by atoms with Crippen molar-refractivity contribution in [1.82, 2.24) is 0 Å². The molecular formula is C9H15N2O3P. The molecule has 0 fully saturated rings. The van der Waals surface area contributed by atoms with Gasteiger partial charge in [0.25, 0.3) is 0 Å². The van der Waals surface area contributed by atoms with E-state index >= 15 is 0 Å². The zero-order valence-corrected chi connectivity index (χ0v) is 10.2. The second-order valence-corrected chi connectivity index (χ2v) is 5.47. The molecule has 15 heavy (non-hydrogen) atoms. The van der Waals surface area contributed by atoms with Crippen molar-refractivity contribution in [3.63, 3.8) is 0 Å². The predicted molar refractivity (Wildman–Crippen MR) is 56.1 cm³/mol. The van der Waals surface area contributed by atoms with Gasteiger partial charge >= 0.3 is 13.4 Å². The maximum Gasteiger partial charge on any atom is 0.428 e. The van der Waals surface area contributed by atoms with Crippen LogP contribution in [0.5, 0.6) is 0 Å². The summed E-state index contributed by atoms with van der Waals surface area (Å²) >= 11 is 0. The molecule has 0 saturated heterocycles. The fraction of sp³-hybridized carbons (Fsp3) is 0.778. The molecule has 1 unspecified atom stereocenters. The third-order valence-electron chi connectivity index (χ3n) is 1.25. The molecule has 0 N–H and O–H groups in total. The third kappa shape index (κ3) is 4.44. The van der Waals surface area contributed by atoms with E-state index in [1.807, 2.05) is 0 Å². The Labute approximate surface area is 90.3 Å². The molecule has 6 heteroatoms. The quantitative estimate of drug-likeness (QED) is 0.538. The minimum absolute atomic E-state index is 0.354. The van der Waals surface area contributed by atoms with Gasteiger partial charge < -0.3 is 0 Å². The van der Waals surface area contributed by atoms with Crippen LogP contribution < -0.4 is 0 Å². The van der Waals surface area contributed by atoms with Gasteiger partial charge in [-0.1, -0.05) is 0 Å². The van der Waals surface area contributed by atoms with Gasteiger partial charge in [-0.2, -0.15) is 5.26 Å². The topological polar surface area (TPSA) is 63.7 Å². The third-order valence-corrected chi connectivity index (χ3v) is 3.51. The van der Waals surface area contributed by atoms with Crippen molar-refractivity contribution in [2.24, 2.45) is 0 Å². The van der Waals surface area contributed by atoms with Gasteiger partial charge in [0.2, 0.25) is 0 Å². The van der Waals surface area contributed by atoms with E-state index in [-0.39, 0.29) is 12.2 Å². The van der Waals surface area contributed by atoms with Crippen LogP contribution in [0, 0.1) is 17.9 Å². The summed E-state index contributed by atoms with van der Waals surface area (Å²) in [6.07, 6.45) is -0.709. The maximum atomic E-state index is 12.1. The van der Waals surface area contributed by atoms with Gasteiger partial charge in [-0.25, -0.2) is 11.1 Å². The lowest BCUT2D eigenvalue weighted by Gasteiger charge is -2.20. The molecule has 84 valence electrons. The Morgan fingerprint density at radius 1 is 1.27 bits per heavy atom. The van der Waals surface area contributed by atoms with Gasteiger partial charge in [0.1, 0.15) is 0 Å². The molecule has 0 amide bonds. The van der Waals surface area contributed by atoms with E-state index in [1.165, 1.54) is 0 Å². The Morgan fingerprint density at radius 2 is 1.67 bits per heavy atom. The van der Waals surface area contributed by atoms with Crippen LogP contribution in [0.2, 0.25) is 0 Å². The highest BCUT2D eigenvalue weighted by molar-refractivity contribution is 7.55. The number of hydrogen-bond acceptors (Lipinski definition) is 4. The van der Waals surface area contributed by atoms with Crippen LogP contribution >= 0.6 is 7.60 Å². The van der Waals surface area contributed by atoms with E-state index in [9.17, 15) is 4.57 Å². The monoisotopic (exact) mass is 230 g/mol. The number of rotatable bonds is 5.